The average Bonchev–Trinajstić information content (AvgIpc) is 3.46. The van der Waals surface area contributed by atoms with Crippen LogP contribution in [0, 0.1) is 5.82 Å². The Balaban J connectivity index is 1.37. The number of carbonyl (C=O) groups is 1. The molecule has 0 bridgehead atoms. The van der Waals surface area contributed by atoms with Crippen LogP contribution in [0.2, 0.25) is 0 Å². The van der Waals surface area contributed by atoms with Crippen molar-refractivity contribution >= 4 is 38.1 Å². The van der Waals surface area contributed by atoms with Gasteiger partial charge in [-0.3, -0.25) is 9.20 Å². The molecule has 0 N–H and O–H groups in total. The number of halogens is 1. The first-order chi connectivity index (χ1) is 14.7. The fourth-order valence-corrected chi connectivity index (χ4v) is 5.15. The lowest BCUT2D eigenvalue weighted by atomic mass is 10.1. The standard InChI is InChI=1S/C24H16FN3OS/c25-18-8-5-15(6-9-18)19-14-28-21-10-7-17(13-22(21)30-24(28)26-19)23(29)27-12-11-16-3-1-2-4-20(16)27/h1-10,13-14H,11-12H2. The first-order valence-corrected chi connectivity index (χ1v) is 10.6. The Hall–Kier alpha value is -3.51. The minimum absolute atomic E-state index is 0.0277. The fourth-order valence-electron chi connectivity index (χ4n) is 4.10. The van der Waals surface area contributed by atoms with Gasteiger partial charge in [-0.1, -0.05) is 29.5 Å². The van der Waals surface area contributed by atoms with Gasteiger partial charge >= 0.3 is 0 Å². The van der Waals surface area contributed by atoms with Crippen molar-refractivity contribution in [1.29, 1.82) is 0 Å². The maximum absolute atomic E-state index is 13.2. The highest BCUT2D eigenvalue weighted by Gasteiger charge is 2.25. The Morgan fingerprint density at radius 1 is 1.03 bits per heavy atom. The van der Waals surface area contributed by atoms with Gasteiger partial charge in [-0.15, -0.1) is 0 Å². The summed E-state index contributed by atoms with van der Waals surface area (Å²) in [5, 5.41) is 0. The minimum atomic E-state index is -0.261. The molecule has 0 fully saturated rings. The second-order valence-electron chi connectivity index (χ2n) is 7.41. The zero-order chi connectivity index (χ0) is 20.2. The number of aromatic nitrogens is 2. The van der Waals surface area contributed by atoms with Crippen LogP contribution in [0.15, 0.2) is 72.9 Å². The third-order valence-corrected chi connectivity index (χ3v) is 6.63. The van der Waals surface area contributed by atoms with Crippen molar-refractivity contribution in [2.75, 3.05) is 11.4 Å². The summed E-state index contributed by atoms with van der Waals surface area (Å²) < 4.78 is 16.2. The Labute approximate surface area is 175 Å². The smallest absolute Gasteiger partial charge is 0.258 e. The molecule has 1 aliphatic heterocycles. The zero-order valence-corrected chi connectivity index (χ0v) is 16.7. The molecular formula is C24H16FN3OS. The molecule has 0 spiro atoms. The Kier molecular flexibility index (Phi) is 3.76. The first-order valence-electron chi connectivity index (χ1n) is 9.75. The maximum Gasteiger partial charge on any atom is 0.258 e. The molecule has 3 heterocycles. The molecule has 30 heavy (non-hydrogen) atoms. The second kappa shape index (κ2) is 6.50. The molecule has 1 aliphatic rings. The second-order valence-corrected chi connectivity index (χ2v) is 8.41. The molecule has 6 heteroatoms. The van der Waals surface area contributed by atoms with E-state index in [0.29, 0.717) is 12.1 Å². The van der Waals surface area contributed by atoms with Crippen molar-refractivity contribution in [3.63, 3.8) is 0 Å². The number of rotatable bonds is 2. The normalized spacial score (nSPS) is 13.3. The number of carbonyl (C=O) groups excluding carboxylic acids is 1. The van der Waals surface area contributed by atoms with Crippen LogP contribution >= 0.6 is 11.3 Å². The van der Waals surface area contributed by atoms with E-state index in [0.717, 1.165) is 38.5 Å². The van der Waals surface area contributed by atoms with E-state index in [1.807, 2.05) is 51.9 Å². The Morgan fingerprint density at radius 2 is 1.87 bits per heavy atom. The summed E-state index contributed by atoms with van der Waals surface area (Å²) in [5.74, 6) is -0.233. The summed E-state index contributed by atoms with van der Waals surface area (Å²) in [6, 6.07) is 20.2. The molecule has 146 valence electrons. The van der Waals surface area contributed by atoms with Gasteiger partial charge in [0.25, 0.3) is 5.91 Å². The highest BCUT2D eigenvalue weighted by atomic mass is 32.1. The molecule has 3 aromatic carbocycles. The molecule has 0 unspecified atom stereocenters. The van der Waals surface area contributed by atoms with Gasteiger partial charge in [0.05, 0.1) is 15.9 Å². The van der Waals surface area contributed by atoms with E-state index < -0.39 is 0 Å². The summed E-state index contributed by atoms with van der Waals surface area (Å²) in [4.78, 5) is 20.6. The van der Waals surface area contributed by atoms with E-state index in [2.05, 4.69) is 6.07 Å². The van der Waals surface area contributed by atoms with Crippen LogP contribution in [0.5, 0.6) is 0 Å². The number of anilines is 1. The molecule has 2 aromatic heterocycles. The summed E-state index contributed by atoms with van der Waals surface area (Å²) in [6.45, 7) is 0.713. The van der Waals surface area contributed by atoms with Crippen molar-refractivity contribution in [2.45, 2.75) is 6.42 Å². The lowest BCUT2D eigenvalue weighted by Gasteiger charge is -2.17. The fraction of sp³-hybridized carbons (Fsp3) is 0.0833. The lowest BCUT2D eigenvalue weighted by molar-refractivity contribution is 0.0989. The van der Waals surface area contributed by atoms with Crippen molar-refractivity contribution in [1.82, 2.24) is 9.38 Å². The van der Waals surface area contributed by atoms with E-state index >= 15 is 0 Å². The predicted molar refractivity (Wildman–Crippen MR) is 118 cm³/mol. The molecule has 0 saturated carbocycles. The van der Waals surface area contributed by atoms with Crippen LogP contribution in [0.3, 0.4) is 0 Å². The first kappa shape index (κ1) is 17.4. The number of benzene rings is 3. The van der Waals surface area contributed by atoms with E-state index in [-0.39, 0.29) is 11.7 Å². The number of para-hydroxylation sites is 1. The van der Waals surface area contributed by atoms with Crippen LogP contribution in [-0.2, 0) is 6.42 Å². The van der Waals surface area contributed by atoms with Crippen molar-refractivity contribution in [2.24, 2.45) is 0 Å². The molecule has 0 atom stereocenters. The van der Waals surface area contributed by atoms with Crippen LogP contribution in [0.1, 0.15) is 15.9 Å². The zero-order valence-electron chi connectivity index (χ0n) is 15.9. The van der Waals surface area contributed by atoms with Gasteiger partial charge in [-0.2, -0.15) is 0 Å². The Morgan fingerprint density at radius 3 is 2.73 bits per heavy atom. The molecule has 0 aliphatic carbocycles. The number of amides is 1. The maximum atomic E-state index is 13.2. The molecular weight excluding hydrogens is 397 g/mol. The van der Waals surface area contributed by atoms with Gasteiger partial charge in [0.1, 0.15) is 5.82 Å². The highest BCUT2D eigenvalue weighted by molar-refractivity contribution is 7.23. The van der Waals surface area contributed by atoms with E-state index in [4.69, 9.17) is 4.98 Å². The number of imidazole rings is 1. The van der Waals surface area contributed by atoms with Gasteiger partial charge in [-0.25, -0.2) is 9.37 Å². The molecule has 0 saturated heterocycles. The van der Waals surface area contributed by atoms with Crippen LogP contribution < -0.4 is 4.90 Å². The van der Waals surface area contributed by atoms with E-state index in [1.165, 1.54) is 17.7 Å². The lowest BCUT2D eigenvalue weighted by Crippen LogP contribution is -2.28. The van der Waals surface area contributed by atoms with E-state index in [9.17, 15) is 9.18 Å². The third-order valence-electron chi connectivity index (χ3n) is 5.61. The van der Waals surface area contributed by atoms with Gasteiger partial charge in [0, 0.05) is 29.6 Å². The number of hydrogen-bond donors (Lipinski definition) is 0. The quantitative estimate of drug-likeness (QED) is 0.380. The molecule has 1 amide bonds. The summed E-state index contributed by atoms with van der Waals surface area (Å²) in [6.07, 6.45) is 2.85. The average molecular weight is 413 g/mol. The molecule has 5 aromatic rings. The summed E-state index contributed by atoms with van der Waals surface area (Å²) >= 11 is 1.55. The Bertz CT molecular complexity index is 1430. The van der Waals surface area contributed by atoms with Crippen LogP contribution in [0.25, 0.3) is 26.4 Å². The van der Waals surface area contributed by atoms with Gasteiger partial charge in [0.15, 0.2) is 4.96 Å². The van der Waals surface area contributed by atoms with E-state index in [1.54, 1.807) is 23.5 Å². The minimum Gasteiger partial charge on any atom is -0.308 e. The van der Waals surface area contributed by atoms with Gasteiger partial charge in [0.2, 0.25) is 0 Å². The van der Waals surface area contributed by atoms with Gasteiger partial charge in [-0.05, 0) is 60.5 Å². The van der Waals surface area contributed by atoms with Crippen LogP contribution in [0.4, 0.5) is 10.1 Å². The summed E-state index contributed by atoms with van der Waals surface area (Å²) in [5.41, 5.74) is 5.59. The molecule has 0 radical (unpaired) electrons. The largest absolute Gasteiger partial charge is 0.308 e. The SMILES string of the molecule is O=C(c1ccc2c(c1)sc1nc(-c3ccc(F)cc3)cn12)N1CCc2ccccc21. The molecule has 4 nitrogen and oxygen atoms in total. The number of hydrogen-bond acceptors (Lipinski definition) is 3. The number of fused-ring (bicyclic) bond motifs is 4. The number of nitrogens with zero attached hydrogens (tertiary/aromatic N) is 3. The van der Waals surface area contributed by atoms with Crippen molar-refractivity contribution < 1.29 is 9.18 Å². The highest BCUT2D eigenvalue weighted by Crippen LogP contribution is 2.32. The molecule has 6 rings (SSSR count). The third kappa shape index (κ3) is 2.64. The van der Waals surface area contributed by atoms with Gasteiger partial charge < -0.3 is 4.90 Å². The number of thiazole rings is 1. The van der Waals surface area contributed by atoms with Crippen molar-refractivity contribution in [3.8, 4) is 11.3 Å². The van der Waals surface area contributed by atoms with Crippen LogP contribution in [-0.4, -0.2) is 21.8 Å². The summed E-state index contributed by atoms with van der Waals surface area (Å²) in [7, 11) is 0. The predicted octanol–water partition coefficient (Wildman–Crippen LogP) is 5.56. The monoisotopic (exact) mass is 413 g/mol. The topological polar surface area (TPSA) is 37.6 Å². The van der Waals surface area contributed by atoms with Crippen molar-refractivity contribution in [3.05, 3.63) is 89.9 Å².